The molecule has 2 aliphatic rings. The largest absolute Gasteiger partial charge is 0.409 e. The number of nitrogens with zero attached hydrogens (tertiary/aromatic N) is 3. The first kappa shape index (κ1) is 13.6. The molecule has 1 saturated heterocycles. The van der Waals surface area contributed by atoms with Crippen LogP contribution in [-0.4, -0.2) is 71.8 Å². The molecule has 0 aromatic carbocycles. The second kappa shape index (κ2) is 5.86. The van der Waals surface area contributed by atoms with Gasteiger partial charge in [-0.3, -0.25) is 4.90 Å². The molecule has 0 amide bonds. The second-order valence-electron chi connectivity index (χ2n) is 5.61. The Labute approximate surface area is 108 Å². The lowest BCUT2D eigenvalue weighted by molar-refractivity contribution is 0.0986. The summed E-state index contributed by atoms with van der Waals surface area (Å²) in [5.74, 6) is 0.353. The van der Waals surface area contributed by atoms with Crippen molar-refractivity contribution in [2.75, 3.05) is 45.9 Å². The Balaban J connectivity index is 1.74. The van der Waals surface area contributed by atoms with Crippen LogP contribution < -0.4 is 5.73 Å². The second-order valence-corrected chi connectivity index (χ2v) is 5.61. The van der Waals surface area contributed by atoms with Gasteiger partial charge in [0.25, 0.3) is 0 Å². The molecule has 0 aromatic heterocycles. The molecule has 1 aliphatic carbocycles. The zero-order chi connectivity index (χ0) is 13.0. The van der Waals surface area contributed by atoms with E-state index in [2.05, 4.69) is 15.0 Å². The molecule has 1 saturated carbocycles. The predicted octanol–water partition coefficient (Wildman–Crippen LogP) is -0.487. The summed E-state index contributed by atoms with van der Waals surface area (Å²) < 4.78 is 0. The molecule has 0 radical (unpaired) electrons. The van der Waals surface area contributed by atoms with E-state index in [0.29, 0.717) is 12.3 Å². The van der Waals surface area contributed by atoms with Gasteiger partial charge in [0.2, 0.25) is 0 Å². The van der Waals surface area contributed by atoms with Gasteiger partial charge in [0.15, 0.2) is 0 Å². The van der Waals surface area contributed by atoms with Crippen LogP contribution in [0.3, 0.4) is 0 Å². The van der Waals surface area contributed by atoms with Gasteiger partial charge in [-0.05, 0) is 18.3 Å². The summed E-state index contributed by atoms with van der Waals surface area (Å²) in [6.07, 6.45) is 3.07. The number of aliphatic hydroxyl groups excluding tert-OH is 1. The van der Waals surface area contributed by atoms with E-state index in [1.807, 2.05) is 0 Å². The van der Waals surface area contributed by atoms with Gasteiger partial charge in [-0.15, -0.1) is 0 Å². The minimum absolute atomic E-state index is 0.243. The van der Waals surface area contributed by atoms with Crippen LogP contribution in [0, 0.1) is 5.41 Å². The number of amidine groups is 1. The van der Waals surface area contributed by atoms with E-state index in [0.717, 1.165) is 39.3 Å². The first-order chi connectivity index (χ1) is 8.67. The van der Waals surface area contributed by atoms with Gasteiger partial charge in [0.1, 0.15) is 5.84 Å². The van der Waals surface area contributed by atoms with Crippen LogP contribution in [0.2, 0.25) is 0 Å². The number of nitrogens with two attached hydrogens (primary N) is 1. The highest BCUT2D eigenvalue weighted by molar-refractivity contribution is 5.80. The molecule has 1 heterocycles. The molecule has 0 atom stereocenters. The smallest absolute Gasteiger partial charge is 0.139 e. The van der Waals surface area contributed by atoms with E-state index in [1.165, 1.54) is 12.8 Å². The Hall–Kier alpha value is -0.850. The maximum absolute atomic E-state index is 8.90. The number of oxime groups is 1. The van der Waals surface area contributed by atoms with Crippen molar-refractivity contribution in [2.45, 2.75) is 19.3 Å². The quantitative estimate of drug-likeness (QED) is 0.258. The zero-order valence-electron chi connectivity index (χ0n) is 10.9. The van der Waals surface area contributed by atoms with Crippen molar-refractivity contribution >= 4 is 5.84 Å². The third-order valence-corrected chi connectivity index (χ3v) is 4.08. The minimum Gasteiger partial charge on any atom is -0.409 e. The Morgan fingerprint density at radius 2 is 1.78 bits per heavy atom. The van der Waals surface area contributed by atoms with Gasteiger partial charge in [0, 0.05) is 45.7 Å². The molecule has 0 bridgehead atoms. The van der Waals surface area contributed by atoms with Crippen LogP contribution in [0.1, 0.15) is 19.3 Å². The van der Waals surface area contributed by atoms with Crippen molar-refractivity contribution in [3.8, 4) is 0 Å². The van der Waals surface area contributed by atoms with Crippen LogP contribution in [0.15, 0.2) is 5.16 Å². The molecule has 104 valence electrons. The van der Waals surface area contributed by atoms with Crippen LogP contribution in [0.25, 0.3) is 0 Å². The van der Waals surface area contributed by atoms with Crippen molar-refractivity contribution in [1.29, 1.82) is 0 Å². The number of rotatable bonds is 6. The average molecular weight is 256 g/mol. The zero-order valence-corrected chi connectivity index (χ0v) is 10.9. The molecule has 6 nitrogen and oxygen atoms in total. The monoisotopic (exact) mass is 256 g/mol. The van der Waals surface area contributed by atoms with Crippen LogP contribution >= 0.6 is 0 Å². The molecule has 0 aromatic rings. The van der Waals surface area contributed by atoms with E-state index >= 15 is 0 Å². The van der Waals surface area contributed by atoms with Crippen molar-refractivity contribution in [3.63, 3.8) is 0 Å². The lowest BCUT2D eigenvalue weighted by Gasteiger charge is -2.36. The molecule has 2 rings (SSSR count). The summed E-state index contributed by atoms with van der Waals surface area (Å²) >= 11 is 0. The minimum atomic E-state index is 0.243. The molecular weight excluding hydrogens is 232 g/mol. The van der Waals surface area contributed by atoms with E-state index < -0.39 is 0 Å². The SMILES string of the molecule is NC(CC1(CN2CCN(CCO)CC2)CC1)=NO. The molecule has 2 fully saturated rings. The van der Waals surface area contributed by atoms with E-state index in [9.17, 15) is 0 Å². The molecule has 6 heteroatoms. The van der Waals surface area contributed by atoms with Gasteiger partial charge >= 0.3 is 0 Å². The van der Waals surface area contributed by atoms with Gasteiger partial charge < -0.3 is 20.9 Å². The number of hydrogen-bond donors (Lipinski definition) is 3. The fourth-order valence-corrected chi connectivity index (χ4v) is 2.77. The molecule has 4 N–H and O–H groups in total. The summed E-state index contributed by atoms with van der Waals surface area (Å²) in [6.45, 7) is 6.24. The standard InChI is InChI=1S/C12H24N4O2/c13-11(14-18)9-12(1-2-12)10-16-5-3-15(4-6-16)7-8-17/h17-18H,1-10H2,(H2,13,14). The van der Waals surface area contributed by atoms with E-state index in [-0.39, 0.29) is 12.0 Å². The number of aliphatic hydroxyl groups is 1. The number of piperazine rings is 1. The van der Waals surface area contributed by atoms with Crippen molar-refractivity contribution in [1.82, 2.24) is 9.80 Å². The van der Waals surface area contributed by atoms with E-state index in [1.54, 1.807) is 0 Å². The maximum atomic E-state index is 8.90. The van der Waals surface area contributed by atoms with Crippen LogP contribution in [0.4, 0.5) is 0 Å². The van der Waals surface area contributed by atoms with Gasteiger partial charge in [-0.2, -0.15) is 0 Å². The van der Waals surface area contributed by atoms with Gasteiger partial charge in [-0.1, -0.05) is 5.16 Å². The maximum Gasteiger partial charge on any atom is 0.139 e. The Kier molecular flexibility index (Phi) is 4.42. The summed E-state index contributed by atoms with van der Waals surface area (Å²) in [5.41, 5.74) is 5.87. The Morgan fingerprint density at radius 1 is 1.17 bits per heavy atom. The first-order valence-corrected chi connectivity index (χ1v) is 6.69. The summed E-state index contributed by atoms with van der Waals surface area (Å²) in [7, 11) is 0. The van der Waals surface area contributed by atoms with Gasteiger partial charge in [0.05, 0.1) is 6.61 Å². The summed E-state index contributed by atoms with van der Waals surface area (Å²) in [6, 6.07) is 0. The van der Waals surface area contributed by atoms with Crippen LogP contribution in [0.5, 0.6) is 0 Å². The molecular formula is C12H24N4O2. The summed E-state index contributed by atoms with van der Waals surface area (Å²) in [4.78, 5) is 4.76. The Bertz CT molecular complexity index is 296. The molecule has 0 spiro atoms. The highest BCUT2D eigenvalue weighted by Gasteiger charge is 2.44. The highest BCUT2D eigenvalue weighted by Crippen LogP contribution is 2.49. The Morgan fingerprint density at radius 3 is 2.28 bits per heavy atom. The molecule has 0 unspecified atom stereocenters. The normalized spacial score (nSPS) is 25.3. The number of hydrogen-bond acceptors (Lipinski definition) is 5. The van der Waals surface area contributed by atoms with Crippen molar-refractivity contribution in [2.24, 2.45) is 16.3 Å². The molecule has 18 heavy (non-hydrogen) atoms. The fraction of sp³-hybridized carbons (Fsp3) is 0.917. The third kappa shape index (κ3) is 3.57. The van der Waals surface area contributed by atoms with Crippen molar-refractivity contribution < 1.29 is 10.3 Å². The summed E-state index contributed by atoms with van der Waals surface area (Å²) in [5, 5.41) is 20.6. The lowest BCUT2D eigenvalue weighted by Crippen LogP contribution is -2.48. The van der Waals surface area contributed by atoms with Crippen molar-refractivity contribution in [3.05, 3.63) is 0 Å². The lowest BCUT2D eigenvalue weighted by atomic mass is 10.0. The van der Waals surface area contributed by atoms with E-state index in [4.69, 9.17) is 16.0 Å². The third-order valence-electron chi connectivity index (χ3n) is 4.08. The number of β-amino-alcohol motifs (C(OH)–C–C–N with tert-alkyl or cyclic N) is 1. The van der Waals surface area contributed by atoms with Gasteiger partial charge in [-0.25, -0.2) is 0 Å². The first-order valence-electron chi connectivity index (χ1n) is 6.69. The average Bonchev–Trinajstić information content (AvgIpc) is 3.11. The highest BCUT2D eigenvalue weighted by atomic mass is 16.4. The fourth-order valence-electron chi connectivity index (χ4n) is 2.77. The molecule has 1 aliphatic heterocycles. The predicted molar refractivity (Wildman–Crippen MR) is 69.7 cm³/mol. The topological polar surface area (TPSA) is 85.3 Å². The van der Waals surface area contributed by atoms with Crippen LogP contribution in [-0.2, 0) is 0 Å².